The van der Waals surface area contributed by atoms with Gasteiger partial charge >= 0.3 is 0 Å². The van der Waals surface area contributed by atoms with Gasteiger partial charge < -0.3 is 10.1 Å². The van der Waals surface area contributed by atoms with Crippen LogP contribution < -0.4 is 10.1 Å². The van der Waals surface area contributed by atoms with Crippen LogP contribution in [0.15, 0.2) is 53.4 Å². The molecule has 116 valence electrons. The highest BCUT2D eigenvalue weighted by Gasteiger charge is 2.10. The number of nitrogens with one attached hydrogen (secondary N) is 1. The van der Waals surface area contributed by atoms with Crippen molar-refractivity contribution in [2.75, 3.05) is 12.9 Å². The van der Waals surface area contributed by atoms with Crippen molar-refractivity contribution in [3.05, 3.63) is 59.1 Å². The molecule has 0 spiro atoms. The van der Waals surface area contributed by atoms with Crippen LogP contribution in [-0.4, -0.2) is 18.8 Å². The maximum atomic E-state index is 12.0. The topological polar surface area (TPSA) is 38.3 Å². The standard InChI is InChI=1S/C17H18ClNO2S/c1-12(13-3-7-15(21-2)8-4-13)19-17(20)11-22-16-9-5-14(18)6-10-16/h3-10,12H,11H2,1-2H3,(H,19,20). The van der Waals surface area contributed by atoms with Crippen molar-refractivity contribution in [3.8, 4) is 5.75 Å². The summed E-state index contributed by atoms with van der Waals surface area (Å²) in [6.45, 7) is 1.96. The van der Waals surface area contributed by atoms with E-state index < -0.39 is 0 Å². The lowest BCUT2D eigenvalue weighted by atomic mass is 10.1. The Hall–Kier alpha value is -1.65. The van der Waals surface area contributed by atoms with E-state index >= 15 is 0 Å². The van der Waals surface area contributed by atoms with Gasteiger partial charge in [0.2, 0.25) is 5.91 Å². The van der Waals surface area contributed by atoms with E-state index in [2.05, 4.69) is 5.32 Å². The van der Waals surface area contributed by atoms with Gasteiger partial charge in [-0.3, -0.25) is 4.79 Å². The summed E-state index contributed by atoms with van der Waals surface area (Å²) in [6, 6.07) is 15.1. The molecule has 2 aromatic rings. The fourth-order valence-electron chi connectivity index (χ4n) is 1.94. The van der Waals surface area contributed by atoms with Gasteiger partial charge in [0.05, 0.1) is 18.9 Å². The summed E-state index contributed by atoms with van der Waals surface area (Å²) in [7, 11) is 1.63. The second-order valence-electron chi connectivity index (χ2n) is 4.80. The maximum absolute atomic E-state index is 12.0. The zero-order chi connectivity index (χ0) is 15.9. The molecule has 2 aromatic carbocycles. The Bertz CT molecular complexity index is 614. The zero-order valence-corrected chi connectivity index (χ0v) is 14.1. The van der Waals surface area contributed by atoms with E-state index in [1.54, 1.807) is 7.11 Å². The summed E-state index contributed by atoms with van der Waals surface area (Å²) in [4.78, 5) is 13.0. The number of carbonyl (C=O) groups is 1. The molecule has 1 amide bonds. The van der Waals surface area contributed by atoms with Gasteiger partial charge in [-0.1, -0.05) is 23.7 Å². The van der Waals surface area contributed by atoms with Crippen molar-refractivity contribution in [1.82, 2.24) is 5.32 Å². The molecule has 0 heterocycles. The van der Waals surface area contributed by atoms with Crippen molar-refractivity contribution >= 4 is 29.3 Å². The minimum absolute atomic E-state index is 0.00303. The van der Waals surface area contributed by atoms with Crippen molar-refractivity contribution in [2.24, 2.45) is 0 Å². The number of rotatable bonds is 6. The van der Waals surface area contributed by atoms with Gasteiger partial charge in [-0.2, -0.15) is 0 Å². The number of amides is 1. The summed E-state index contributed by atoms with van der Waals surface area (Å²) in [5.74, 6) is 1.19. The predicted molar refractivity (Wildman–Crippen MR) is 91.7 cm³/mol. The Morgan fingerprint density at radius 2 is 1.82 bits per heavy atom. The smallest absolute Gasteiger partial charge is 0.230 e. The molecule has 1 atom stereocenters. The average Bonchev–Trinajstić information content (AvgIpc) is 2.54. The third-order valence-corrected chi connectivity index (χ3v) is 4.44. The van der Waals surface area contributed by atoms with Gasteiger partial charge in [-0.15, -0.1) is 11.8 Å². The molecule has 0 fully saturated rings. The molecule has 0 saturated heterocycles. The van der Waals surface area contributed by atoms with Crippen molar-refractivity contribution < 1.29 is 9.53 Å². The molecule has 1 unspecified atom stereocenters. The Balaban J connectivity index is 1.83. The minimum atomic E-state index is -0.0378. The number of methoxy groups -OCH3 is 1. The first kappa shape index (κ1) is 16.7. The number of halogens is 1. The quantitative estimate of drug-likeness (QED) is 0.799. The summed E-state index contributed by atoms with van der Waals surface area (Å²) in [5, 5.41) is 3.68. The molecule has 0 saturated carbocycles. The Labute approximate surface area is 140 Å². The van der Waals surface area contributed by atoms with E-state index in [1.165, 1.54) is 11.8 Å². The van der Waals surface area contributed by atoms with E-state index in [4.69, 9.17) is 16.3 Å². The van der Waals surface area contributed by atoms with Gasteiger partial charge in [0, 0.05) is 9.92 Å². The van der Waals surface area contributed by atoms with Crippen LogP contribution in [0.1, 0.15) is 18.5 Å². The first-order valence-electron chi connectivity index (χ1n) is 6.90. The average molecular weight is 336 g/mol. The van der Waals surface area contributed by atoms with E-state index in [9.17, 15) is 4.79 Å². The van der Waals surface area contributed by atoms with E-state index in [0.717, 1.165) is 16.2 Å². The van der Waals surface area contributed by atoms with Crippen molar-refractivity contribution in [2.45, 2.75) is 17.9 Å². The fourth-order valence-corrected chi connectivity index (χ4v) is 2.77. The van der Waals surface area contributed by atoms with Crippen LogP contribution in [0, 0.1) is 0 Å². The molecule has 0 aliphatic rings. The second kappa shape index (κ2) is 8.11. The van der Waals surface area contributed by atoms with Crippen LogP contribution in [0.4, 0.5) is 0 Å². The van der Waals surface area contributed by atoms with Crippen LogP contribution >= 0.6 is 23.4 Å². The minimum Gasteiger partial charge on any atom is -0.497 e. The predicted octanol–water partition coefficient (Wildman–Crippen LogP) is 4.32. The molecule has 0 radical (unpaired) electrons. The van der Waals surface area contributed by atoms with Crippen LogP contribution in [-0.2, 0) is 4.79 Å². The zero-order valence-electron chi connectivity index (χ0n) is 12.5. The summed E-state index contributed by atoms with van der Waals surface area (Å²) in [5.41, 5.74) is 1.05. The molecule has 2 rings (SSSR count). The monoisotopic (exact) mass is 335 g/mol. The normalized spacial score (nSPS) is 11.8. The highest BCUT2D eigenvalue weighted by molar-refractivity contribution is 8.00. The fraction of sp³-hybridized carbons (Fsp3) is 0.235. The summed E-state index contributed by atoms with van der Waals surface area (Å²) >= 11 is 7.32. The number of thioether (sulfide) groups is 1. The van der Waals surface area contributed by atoms with Gasteiger partial charge in [-0.25, -0.2) is 0 Å². The molecule has 0 aliphatic carbocycles. The summed E-state index contributed by atoms with van der Waals surface area (Å²) in [6.07, 6.45) is 0. The molecular formula is C17H18ClNO2S. The Morgan fingerprint density at radius 3 is 2.41 bits per heavy atom. The molecule has 0 aliphatic heterocycles. The Morgan fingerprint density at radius 1 is 1.18 bits per heavy atom. The number of hydrogen-bond acceptors (Lipinski definition) is 3. The third-order valence-electron chi connectivity index (χ3n) is 3.18. The number of ether oxygens (including phenoxy) is 1. The van der Waals surface area contributed by atoms with Crippen LogP contribution in [0.5, 0.6) is 5.75 Å². The highest BCUT2D eigenvalue weighted by Crippen LogP contribution is 2.21. The SMILES string of the molecule is COc1ccc(C(C)NC(=O)CSc2ccc(Cl)cc2)cc1. The van der Waals surface area contributed by atoms with E-state index in [0.29, 0.717) is 10.8 Å². The van der Waals surface area contributed by atoms with Crippen LogP contribution in [0.2, 0.25) is 5.02 Å². The maximum Gasteiger partial charge on any atom is 0.230 e. The molecule has 1 N–H and O–H groups in total. The largest absolute Gasteiger partial charge is 0.497 e. The highest BCUT2D eigenvalue weighted by atomic mass is 35.5. The van der Waals surface area contributed by atoms with Gasteiger partial charge in [0.1, 0.15) is 5.75 Å². The molecular weight excluding hydrogens is 318 g/mol. The molecule has 3 nitrogen and oxygen atoms in total. The van der Waals surface area contributed by atoms with Gasteiger partial charge in [0.25, 0.3) is 0 Å². The van der Waals surface area contributed by atoms with Gasteiger partial charge in [-0.05, 0) is 48.9 Å². The number of carbonyl (C=O) groups excluding carboxylic acids is 1. The van der Waals surface area contributed by atoms with E-state index in [1.807, 2.05) is 55.5 Å². The van der Waals surface area contributed by atoms with Crippen LogP contribution in [0.3, 0.4) is 0 Å². The van der Waals surface area contributed by atoms with Crippen molar-refractivity contribution in [3.63, 3.8) is 0 Å². The molecule has 5 heteroatoms. The second-order valence-corrected chi connectivity index (χ2v) is 6.29. The van der Waals surface area contributed by atoms with Crippen LogP contribution in [0.25, 0.3) is 0 Å². The van der Waals surface area contributed by atoms with Crippen molar-refractivity contribution in [1.29, 1.82) is 0 Å². The number of hydrogen-bond donors (Lipinski definition) is 1. The first-order chi connectivity index (χ1) is 10.6. The van der Waals surface area contributed by atoms with E-state index in [-0.39, 0.29) is 11.9 Å². The lowest BCUT2D eigenvalue weighted by Gasteiger charge is -2.14. The first-order valence-corrected chi connectivity index (χ1v) is 8.26. The molecule has 22 heavy (non-hydrogen) atoms. The lowest BCUT2D eigenvalue weighted by molar-refractivity contribution is -0.119. The number of benzene rings is 2. The molecule has 0 aromatic heterocycles. The summed E-state index contributed by atoms with van der Waals surface area (Å²) < 4.78 is 5.13. The lowest BCUT2D eigenvalue weighted by Crippen LogP contribution is -2.28. The Kier molecular flexibility index (Phi) is 6.16. The van der Waals surface area contributed by atoms with Gasteiger partial charge in [0.15, 0.2) is 0 Å². The third kappa shape index (κ3) is 4.97. The molecule has 0 bridgehead atoms.